The Morgan fingerprint density at radius 3 is 2.75 bits per heavy atom. The van der Waals surface area contributed by atoms with Crippen LogP contribution in [0.3, 0.4) is 0 Å². The van der Waals surface area contributed by atoms with Crippen molar-refractivity contribution in [1.29, 1.82) is 0 Å². The largest absolute Gasteiger partial charge is 0.459 e. The first-order valence-electron chi connectivity index (χ1n) is 9.33. The molecule has 1 N–H and O–H groups in total. The van der Waals surface area contributed by atoms with E-state index in [9.17, 15) is 9.59 Å². The summed E-state index contributed by atoms with van der Waals surface area (Å²) < 4.78 is 7.13. The molecule has 7 heteroatoms. The van der Waals surface area contributed by atoms with E-state index in [0.29, 0.717) is 37.4 Å². The highest BCUT2D eigenvalue weighted by molar-refractivity contribution is 5.94. The molecule has 28 heavy (non-hydrogen) atoms. The van der Waals surface area contributed by atoms with Crippen LogP contribution in [0.5, 0.6) is 0 Å². The number of aryl methyl sites for hydroxylation is 1. The maximum Gasteiger partial charge on any atom is 0.289 e. The molecule has 3 aromatic rings. The molecule has 1 aliphatic rings. The van der Waals surface area contributed by atoms with Crippen LogP contribution >= 0.6 is 0 Å². The number of hydrogen-bond acceptors (Lipinski definition) is 4. The lowest BCUT2D eigenvalue weighted by atomic mass is 10.0. The van der Waals surface area contributed by atoms with Crippen LogP contribution in [0.25, 0.3) is 0 Å². The molecule has 2 aromatic heterocycles. The van der Waals surface area contributed by atoms with Gasteiger partial charge in [-0.2, -0.15) is 5.10 Å². The van der Waals surface area contributed by atoms with Crippen LogP contribution in [-0.2, 0) is 26.4 Å². The molecule has 1 aliphatic heterocycles. The second-order valence-corrected chi connectivity index (χ2v) is 6.82. The van der Waals surface area contributed by atoms with E-state index < -0.39 is 0 Å². The molecule has 0 spiro atoms. The van der Waals surface area contributed by atoms with Crippen molar-refractivity contribution < 1.29 is 14.0 Å². The topological polar surface area (TPSA) is 80.4 Å². The van der Waals surface area contributed by atoms with E-state index in [4.69, 9.17) is 4.42 Å². The summed E-state index contributed by atoms with van der Waals surface area (Å²) in [5, 5.41) is 7.56. The van der Waals surface area contributed by atoms with Crippen molar-refractivity contribution in [1.82, 2.24) is 20.0 Å². The fourth-order valence-electron chi connectivity index (χ4n) is 3.59. The van der Waals surface area contributed by atoms with Gasteiger partial charge in [0.05, 0.1) is 12.0 Å². The Kier molecular flexibility index (Phi) is 4.97. The highest BCUT2D eigenvalue weighted by Gasteiger charge is 2.28. The molecular formula is C21H22N4O3. The molecule has 2 amide bonds. The van der Waals surface area contributed by atoms with Gasteiger partial charge >= 0.3 is 0 Å². The van der Waals surface area contributed by atoms with E-state index in [-0.39, 0.29) is 11.8 Å². The van der Waals surface area contributed by atoms with Crippen molar-refractivity contribution in [2.45, 2.75) is 19.4 Å². The molecule has 0 atom stereocenters. The number of aromatic nitrogens is 2. The fraction of sp³-hybridized carbons (Fsp3) is 0.286. The Labute approximate surface area is 162 Å². The summed E-state index contributed by atoms with van der Waals surface area (Å²) in [5.41, 5.74) is 3.78. The Bertz CT molecular complexity index is 977. The normalized spacial score (nSPS) is 13.2. The van der Waals surface area contributed by atoms with Crippen LogP contribution in [0.1, 0.15) is 37.9 Å². The van der Waals surface area contributed by atoms with Crippen LogP contribution in [0, 0.1) is 0 Å². The minimum Gasteiger partial charge on any atom is -0.459 e. The minimum absolute atomic E-state index is 0.0972. The van der Waals surface area contributed by atoms with Crippen molar-refractivity contribution >= 4 is 11.8 Å². The monoisotopic (exact) mass is 378 g/mol. The first-order valence-corrected chi connectivity index (χ1v) is 9.33. The second kappa shape index (κ2) is 7.72. The van der Waals surface area contributed by atoms with E-state index in [1.54, 1.807) is 29.2 Å². The molecule has 3 heterocycles. The summed E-state index contributed by atoms with van der Waals surface area (Å²) in [6.07, 6.45) is 2.87. The third-order valence-corrected chi connectivity index (χ3v) is 5.03. The van der Waals surface area contributed by atoms with Crippen LogP contribution < -0.4 is 5.32 Å². The molecule has 0 saturated carbocycles. The molecule has 144 valence electrons. The van der Waals surface area contributed by atoms with E-state index >= 15 is 0 Å². The van der Waals surface area contributed by atoms with Crippen LogP contribution in [0.15, 0.2) is 53.1 Å². The zero-order valence-electron chi connectivity index (χ0n) is 15.7. The SMILES string of the molecule is Cn1nc(CCNC(=O)c2ccccc2)c2c1CCN(C(=O)c1ccco1)C2. The van der Waals surface area contributed by atoms with Crippen molar-refractivity contribution in [2.75, 3.05) is 13.1 Å². The molecule has 0 saturated heterocycles. The second-order valence-electron chi connectivity index (χ2n) is 6.82. The van der Waals surface area contributed by atoms with Gasteiger partial charge in [0.2, 0.25) is 0 Å². The number of carbonyl (C=O) groups excluding carboxylic acids is 2. The zero-order valence-corrected chi connectivity index (χ0v) is 15.7. The van der Waals surface area contributed by atoms with Gasteiger partial charge in [0, 0.05) is 56.3 Å². The van der Waals surface area contributed by atoms with Gasteiger partial charge in [-0.25, -0.2) is 0 Å². The predicted molar refractivity (Wildman–Crippen MR) is 103 cm³/mol. The number of carbonyl (C=O) groups is 2. The van der Waals surface area contributed by atoms with Gasteiger partial charge < -0.3 is 14.6 Å². The number of fused-ring (bicyclic) bond motifs is 1. The molecule has 0 aliphatic carbocycles. The van der Waals surface area contributed by atoms with Gasteiger partial charge in [0.15, 0.2) is 5.76 Å². The average Bonchev–Trinajstić information content (AvgIpc) is 3.37. The Morgan fingerprint density at radius 1 is 1.18 bits per heavy atom. The standard InChI is InChI=1S/C21H22N4O3/c1-24-18-10-12-25(21(27)19-8-5-13-28-19)14-16(18)17(23-24)9-11-22-20(26)15-6-3-2-4-7-15/h2-8,13H,9-12,14H2,1H3,(H,22,26). The van der Waals surface area contributed by atoms with E-state index in [2.05, 4.69) is 10.4 Å². The summed E-state index contributed by atoms with van der Waals surface area (Å²) in [4.78, 5) is 26.6. The lowest BCUT2D eigenvalue weighted by molar-refractivity contribution is 0.0700. The Morgan fingerprint density at radius 2 is 2.00 bits per heavy atom. The number of rotatable bonds is 5. The molecule has 0 fully saturated rings. The van der Waals surface area contributed by atoms with E-state index in [0.717, 1.165) is 23.4 Å². The van der Waals surface area contributed by atoms with Crippen molar-refractivity contribution in [3.63, 3.8) is 0 Å². The maximum atomic E-state index is 12.6. The maximum absolute atomic E-state index is 12.6. The molecule has 4 rings (SSSR count). The first-order chi connectivity index (χ1) is 13.6. The highest BCUT2D eigenvalue weighted by atomic mass is 16.3. The lowest BCUT2D eigenvalue weighted by Gasteiger charge is -2.27. The number of benzene rings is 1. The van der Waals surface area contributed by atoms with Crippen molar-refractivity contribution in [3.05, 3.63) is 77.0 Å². The van der Waals surface area contributed by atoms with Crippen molar-refractivity contribution in [2.24, 2.45) is 7.05 Å². The van der Waals surface area contributed by atoms with Gasteiger partial charge in [-0.1, -0.05) is 18.2 Å². The minimum atomic E-state index is -0.108. The molecular weight excluding hydrogens is 356 g/mol. The number of amides is 2. The van der Waals surface area contributed by atoms with Gasteiger partial charge in [-0.3, -0.25) is 14.3 Å². The summed E-state index contributed by atoms with van der Waals surface area (Å²) >= 11 is 0. The average molecular weight is 378 g/mol. The number of nitrogens with one attached hydrogen (secondary N) is 1. The summed E-state index contributed by atoms with van der Waals surface area (Å²) in [7, 11) is 1.93. The predicted octanol–water partition coefficient (Wildman–Crippen LogP) is 2.18. The summed E-state index contributed by atoms with van der Waals surface area (Å²) in [5.74, 6) is 0.145. The van der Waals surface area contributed by atoms with Gasteiger partial charge in [-0.15, -0.1) is 0 Å². The quantitative estimate of drug-likeness (QED) is 0.738. The Balaban J connectivity index is 1.42. The molecule has 0 bridgehead atoms. The van der Waals surface area contributed by atoms with Crippen molar-refractivity contribution in [3.8, 4) is 0 Å². The summed E-state index contributed by atoms with van der Waals surface area (Å²) in [6, 6.07) is 12.5. The molecule has 0 radical (unpaired) electrons. The van der Waals surface area contributed by atoms with E-state index in [1.807, 2.05) is 29.9 Å². The van der Waals surface area contributed by atoms with Crippen LogP contribution in [-0.4, -0.2) is 39.6 Å². The summed E-state index contributed by atoms with van der Waals surface area (Å²) in [6.45, 7) is 1.63. The molecule has 0 unspecified atom stereocenters. The third kappa shape index (κ3) is 3.55. The van der Waals surface area contributed by atoms with Gasteiger partial charge in [0.1, 0.15) is 0 Å². The van der Waals surface area contributed by atoms with Gasteiger partial charge in [-0.05, 0) is 24.3 Å². The fourth-order valence-corrected chi connectivity index (χ4v) is 3.59. The van der Waals surface area contributed by atoms with Crippen LogP contribution in [0.2, 0.25) is 0 Å². The Hall–Kier alpha value is -3.35. The van der Waals surface area contributed by atoms with Crippen LogP contribution in [0.4, 0.5) is 0 Å². The number of furan rings is 1. The van der Waals surface area contributed by atoms with Gasteiger partial charge in [0.25, 0.3) is 11.8 Å². The number of hydrogen-bond donors (Lipinski definition) is 1. The zero-order chi connectivity index (χ0) is 19.5. The first kappa shape index (κ1) is 18.0. The highest BCUT2D eigenvalue weighted by Crippen LogP contribution is 2.24. The molecule has 7 nitrogen and oxygen atoms in total. The number of nitrogens with zero attached hydrogens (tertiary/aromatic N) is 3. The smallest absolute Gasteiger partial charge is 0.289 e. The molecule has 1 aromatic carbocycles. The van der Waals surface area contributed by atoms with E-state index in [1.165, 1.54) is 6.26 Å². The lowest BCUT2D eigenvalue weighted by Crippen LogP contribution is -2.36. The third-order valence-electron chi connectivity index (χ3n) is 5.03.